The smallest absolute Gasteiger partial charge is 0.416 e. The minimum absolute atomic E-state index is 0.0300. The molecule has 0 unspecified atom stereocenters. The van der Waals surface area contributed by atoms with Gasteiger partial charge in [-0.3, -0.25) is 4.79 Å². The van der Waals surface area contributed by atoms with E-state index < -0.39 is 40.3 Å². The van der Waals surface area contributed by atoms with Gasteiger partial charge in [0.25, 0.3) is 5.91 Å². The van der Waals surface area contributed by atoms with Gasteiger partial charge in [-0.15, -0.1) is 0 Å². The Morgan fingerprint density at radius 3 is 2.26 bits per heavy atom. The van der Waals surface area contributed by atoms with E-state index in [9.17, 15) is 26.4 Å². The molecule has 3 aromatic carbocycles. The number of hydrogen-bond donors (Lipinski definition) is 2. The predicted molar refractivity (Wildman–Crippen MR) is 122 cm³/mol. The molecule has 0 fully saturated rings. The van der Waals surface area contributed by atoms with Crippen LogP contribution in [0.4, 0.5) is 18.9 Å². The minimum atomic E-state index is -4.48. The van der Waals surface area contributed by atoms with Crippen LogP contribution < -0.4 is 14.8 Å². The van der Waals surface area contributed by atoms with Crippen LogP contribution in [0.25, 0.3) is 0 Å². The second kappa shape index (κ2) is 10.5. The first-order chi connectivity index (χ1) is 16.0. The average molecular weight is 513 g/mol. The van der Waals surface area contributed by atoms with Crippen molar-refractivity contribution in [3.8, 4) is 5.75 Å². The Labute approximate surface area is 199 Å². The van der Waals surface area contributed by atoms with Gasteiger partial charge in [0, 0.05) is 11.7 Å². The normalized spacial score (nSPS) is 12.7. The highest BCUT2D eigenvalue weighted by atomic mass is 35.5. The zero-order valence-corrected chi connectivity index (χ0v) is 19.3. The first kappa shape index (κ1) is 25.5. The van der Waals surface area contributed by atoms with Gasteiger partial charge in [-0.1, -0.05) is 41.9 Å². The van der Waals surface area contributed by atoms with Gasteiger partial charge in [-0.2, -0.15) is 13.2 Å². The highest BCUT2D eigenvalue weighted by Gasteiger charge is 2.30. The van der Waals surface area contributed by atoms with E-state index in [1.165, 1.54) is 18.2 Å². The number of carbonyl (C=O) groups excluding carboxylic acids is 1. The molecule has 1 atom stereocenters. The molecule has 3 aromatic rings. The Balaban J connectivity index is 1.60. The van der Waals surface area contributed by atoms with Crippen molar-refractivity contribution in [2.75, 3.05) is 11.9 Å². The van der Waals surface area contributed by atoms with Gasteiger partial charge >= 0.3 is 6.18 Å². The van der Waals surface area contributed by atoms with Gasteiger partial charge in [0.2, 0.25) is 10.0 Å². The largest absolute Gasteiger partial charge is 0.482 e. The summed E-state index contributed by atoms with van der Waals surface area (Å²) < 4.78 is 71.1. The van der Waals surface area contributed by atoms with Crippen LogP contribution in [-0.2, 0) is 21.0 Å². The molecule has 180 valence electrons. The summed E-state index contributed by atoms with van der Waals surface area (Å²) in [4.78, 5) is 12.0. The van der Waals surface area contributed by atoms with Crippen LogP contribution in [0.1, 0.15) is 24.1 Å². The van der Waals surface area contributed by atoms with Gasteiger partial charge in [-0.05, 0) is 55.0 Å². The first-order valence-electron chi connectivity index (χ1n) is 9.92. The SMILES string of the molecule is C[C@H](NS(=O)(=O)c1ccc(OCC(=O)Nc2ccc(C(F)(F)F)cc2)c(Cl)c1)c1ccccc1. The van der Waals surface area contributed by atoms with Crippen LogP contribution in [0, 0.1) is 0 Å². The molecule has 0 bridgehead atoms. The van der Waals surface area contributed by atoms with E-state index in [0.717, 1.165) is 29.8 Å². The zero-order valence-electron chi connectivity index (χ0n) is 17.8. The number of alkyl halides is 3. The topological polar surface area (TPSA) is 84.5 Å². The summed E-state index contributed by atoms with van der Waals surface area (Å²) in [5, 5.41) is 2.37. The maximum Gasteiger partial charge on any atom is 0.416 e. The lowest BCUT2D eigenvalue weighted by atomic mass is 10.1. The number of hydrogen-bond acceptors (Lipinski definition) is 4. The van der Waals surface area contributed by atoms with Crippen molar-refractivity contribution in [1.82, 2.24) is 4.72 Å². The van der Waals surface area contributed by atoms with E-state index in [-0.39, 0.29) is 21.4 Å². The van der Waals surface area contributed by atoms with Gasteiger partial charge < -0.3 is 10.1 Å². The molecule has 11 heteroatoms. The van der Waals surface area contributed by atoms with Crippen molar-refractivity contribution in [2.24, 2.45) is 0 Å². The molecule has 0 aromatic heterocycles. The number of carbonyl (C=O) groups is 1. The van der Waals surface area contributed by atoms with Gasteiger partial charge in [0.15, 0.2) is 6.61 Å². The molecule has 3 rings (SSSR count). The fraction of sp³-hybridized carbons (Fsp3) is 0.174. The molecule has 6 nitrogen and oxygen atoms in total. The molecule has 0 saturated carbocycles. The van der Waals surface area contributed by atoms with Crippen molar-refractivity contribution in [3.63, 3.8) is 0 Å². The number of sulfonamides is 1. The van der Waals surface area contributed by atoms with Crippen LogP contribution in [0.15, 0.2) is 77.7 Å². The summed E-state index contributed by atoms with van der Waals surface area (Å²) in [6.07, 6.45) is -4.48. The summed E-state index contributed by atoms with van der Waals surface area (Å²) >= 11 is 6.14. The Morgan fingerprint density at radius 2 is 1.68 bits per heavy atom. The second-order valence-corrected chi connectivity index (χ2v) is 9.38. The quantitative estimate of drug-likeness (QED) is 0.422. The number of rotatable bonds is 8. The van der Waals surface area contributed by atoms with E-state index in [1.54, 1.807) is 31.2 Å². The average Bonchev–Trinajstić information content (AvgIpc) is 2.78. The molecule has 0 aliphatic rings. The molecule has 2 N–H and O–H groups in total. The molecule has 0 spiro atoms. The summed E-state index contributed by atoms with van der Waals surface area (Å²) in [6.45, 7) is 1.22. The van der Waals surface area contributed by atoms with Crippen LogP contribution in [0.2, 0.25) is 5.02 Å². The number of halogens is 4. The van der Waals surface area contributed by atoms with Crippen molar-refractivity contribution in [1.29, 1.82) is 0 Å². The van der Waals surface area contributed by atoms with Crippen LogP contribution >= 0.6 is 11.6 Å². The van der Waals surface area contributed by atoms with Crippen molar-refractivity contribution < 1.29 is 31.1 Å². The van der Waals surface area contributed by atoms with Crippen LogP contribution in [-0.4, -0.2) is 20.9 Å². The fourth-order valence-corrected chi connectivity index (χ4v) is 4.52. The summed E-state index contributed by atoms with van der Waals surface area (Å²) in [6, 6.07) is 16.3. The monoisotopic (exact) mass is 512 g/mol. The molecular weight excluding hydrogens is 493 g/mol. The van der Waals surface area contributed by atoms with Crippen LogP contribution in [0.3, 0.4) is 0 Å². The summed E-state index contributed by atoms with van der Waals surface area (Å²) in [5.74, 6) is -0.565. The zero-order chi connectivity index (χ0) is 24.9. The van der Waals surface area contributed by atoms with E-state index in [0.29, 0.717) is 0 Å². The molecule has 0 radical (unpaired) electrons. The first-order valence-corrected chi connectivity index (χ1v) is 11.8. The van der Waals surface area contributed by atoms with Crippen molar-refractivity contribution >= 4 is 33.2 Å². The fourth-order valence-electron chi connectivity index (χ4n) is 2.96. The van der Waals surface area contributed by atoms with E-state index in [2.05, 4.69) is 10.0 Å². The lowest BCUT2D eigenvalue weighted by molar-refractivity contribution is -0.137. The lowest BCUT2D eigenvalue weighted by Crippen LogP contribution is -2.27. The third-order valence-electron chi connectivity index (χ3n) is 4.70. The van der Waals surface area contributed by atoms with E-state index in [1.807, 2.05) is 6.07 Å². The van der Waals surface area contributed by atoms with Gasteiger partial charge in [0.1, 0.15) is 5.75 Å². The number of nitrogens with one attached hydrogen (secondary N) is 2. The van der Waals surface area contributed by atoms with Crippen LogP contribution in [0.5, 0.6) is 5.75 Å². The molecule has 0 aliphatic heterocycles. The number of anilines is 1. The number of ether oxygens (including phenoxy) is 1. The maximum atomic E-state index is 12.7. The predicted octanol–water partition coefficient (Wildman–Crippen LogP) is 5.42. The molecule has 0 aliphatic carbocycles. The Morgan fingerprint density at radius 1 is 1.03 bits per heavy atom. The highest BCUT2D eigenvalue weighted by Crippen LogP contribution is 2.30. The van der Waals surface area contributed by atoms with E-state index in [4.69, 9.17) is 16.3 Å². The molecular formula is C23H20ClF3N2O4S. The third-order valence-corrected chi connectivity index (χ3v) is 6.53. The minimum Gasteiger partial charge on any atom is -0.482 e. The van der Waals surface area contributed by atoms with E-state index >= 15 is 0 Å². The van der Waals surface area contributed by atoms with Gasteiger partial charge in [0.05, 0.1) is 15.5 Å². The summed E-state index contributed by atoms with van der Waals surface area (Å²) in [5.41, 5.74) is 0.111. The van der Waals surface area contributed by atoms with Crippen molar-refractivity contribution in [3.05, 3.63) is 88.9 Å². The number of amides is 1. The molecule has 1 amide bonds. The molecule has 34 heavy (non-hydrogen) atoms. The standard InChI is InChI=1S/C23H20ClF3N2O4S/c1-15(16-5-3-2-4-6-16)29-34(31,32)19-11-12-21(20(24)13-19)33-14-22(30)28-18-9-7-17(8-10-18)23(25,26)27/h2-13,15,29H,14H2,1H3,(H,28,30)/t15-/m0/s1. The lowest BCUT2D eigenvalue weighted by Gasteiger charge is -2.15. The second-order valence-electron chi connectivity index (χ2n) is 7.26. The Hall–Kier alpha value is -3.08. The van der Waals surface area contributed by atoms with Gasteiger partial charge in [-0.25, -0.2) is 13.1 Å². The Kier molecular flexibility index (Phi) is 7.86. The Bertz CT molecular complexity index is 1250. The maximum absolute atomic E-state index is 12.7. The number of benzene rings is 3. The van der Waals surface area contributed by atoms with Crippen molar-refractivity contribution in [2.45, 2.75) is 24.0 Å². The molecule has 0 heterocycles. The molecule has 0 saturated heterocycles. The third kappa shape index (κ3) is 6.72. The highest BCUT2D eigenvalue weighted by molar-refractivity contribution is 7.89. The summed E-state index contributed by atoms with van der Waals surface area (Å²) in [7, 11) is -3.88.